The van der Waals surface area contributed by atoms with Gasteiger partial charge in [-0.3, -0.25) is 0 Å². The van der Waals surface area contributed by atoms with Gasteiger partial charge in [0.1, 0.15) is 0 Å². The van der Waals surface area contributed by atoms with Crippen molar-refractivity contribution in [3.05, 3.63) is 47.0 Å². The Balaban J connectivity index is 2.79. The van der Waals surface area contributed by atoms with Crippen LogP contribution in [-0.2, 0) is 10.3 Å². The van der Waals surface area contributed by atoms with Crippen molar-refractivity contribution in [1.82, 2.24) is 9.97 Å². The number of benzene rings is 1. The molecule has 1 N–H and O–H groups in total. The summed E-state index contributed by atoms with van der Waals surface area (Å²) in [5.74, 6) is -2.26. The lowest BCUT2D eigenvalue weighted by Crippen LogP contribution is -1.99. The lowest BCUT2D eigenvalue weighted by Gasteiger charge is -2.03. The zero-order valence-corrected chi connectivity index (χ0v) is 9.13. The van der Waals surface area contributed by atoms with Gasteiger partial charge in [0, 0.05) is 0 Å². The van der Waals surface area contributed by atoms with E-state index in [1.54, 1.807) is 18.2 Å². The van der Waals surface area contributed by atoms with Crippen LogP contribution in [0, 0.1) is 16.7 Å². The maximum absolute atomic E-state index is 13.5. The van der Waals surface area contributed by atoms with Crippen molar-refractivity contribution in [2.75, 3.05) is 0 Å². The number of aromatic amines is 1. The van der Waals surface area contributed by atoms with Crippen molar-refractivity contribution in [3.8, 4) is 11.1 Å². The highest BCUT2D eigenvalue weighted by atomic mass is 32.2. The molecule has 0 bridgehead atoms. The molecule has 0 unspecified atom stereocenters. The van der Waals surface area contributed by atoms with E-state index in [2.05, 4.69) is 4.98 Å². The van der Waals surface area contributed by atoms with Crippen LogP contribution in [0.4, 0.5) is 8.78 Å². The fourth-order valence-electron chi connectivity index (χ4n) is 1.35. The zero-order chi connectivity index (χ0) is 12.4. The van der Waals surface area contributed by atoms with E-state index in [9.17, 15) is 17.2 Å². The molecule has 0 atom stereocenters. The number of aromatic nitrogens is 2. The Labute approximate surface area is 96.1 Å². The summed E-state index contributed by atoms with van der Waals surface area (Å²) in [5.41, 5.74) is -0.116. The first-order chi connectivity index (χ1) is 8.09. The number of H-pyrrole nitrogens is 1. The number of nitrogens with zero attached hydrogens (tertiary/aromatic N) is 1. The van der Waals surface area contributed by atoms with E-state index in [1.165, 1.54) is 12.1 Å². The molecule has 1 aromatic heterocycles. The molecule has 0 saturated heterocycles. The zero-order valence-electron chi connectivity index (χ0n) is 8.31. The third-order valence-corrected chi connectivity index (χ3v) is 2.57. The fraction of sp³-hybridized carbons (Fsp3) is 0. The Hall–Kier alpha value is -2.02. The molecular formula is C10H6F2N2O2S. The standard InChI is InChI=1S/C10H6F2N2O2S/c11-8-7(6-4-2-1-3-5-6)9(12)14-10(13-8)17(15)16/h1-5,13H. The van der Waals surface area contributed by atoms with E-state index >= 15 is 0 Å². The second kappa shape index (κ2) is 4.46. The molecule has 4 nitrogen and oxygen atoms in total. The van der Waals surface area contributed by atoms with Gasteiger partial charge in [0.15, 0.2) is 0 Å². The summed E-state index contributed by atoms with van der Waals surface area (Å²) in [6, 6.07) is 7.88. The smallest absolute Gasteiger partial charge is 0.258 e. The molecule has 0 saturated carbocycles. The van der Waals surface area contributed by atoms with Crippen LogP contribution in [0.25, 0.3) is 11.1 Å². The van der Waals surface area contributed by atoms with Crippen LogP contribution in [0.15, 0.2) is 30.3 Å². The van der Waals surface area contributed by atoms with E-state index in [-0.39, 0.29) is 11.1 Å². The number of hydrogen-bond donors (Lipinski definition) is 1. The van der Waals surface area contributed by atoms with Gasteiger partial charge in [-0.15, -0.1) is 0 Å². The van der Waals surface area contributed by atoms with E-state index < -0.39 is 27.0 Å². The highest BCUT2D eigenvalue weighted by Gasteiger charge is 2.13. The third kappa shape index (κ3) is 2.23. The maximum Gasteiger partial charge on any atom is 0.258 e. The molecule has 0 aliphatic heterocycles. The maximum atomic E-state index is 13.5. The van der Waals surface area contributed by atoms with Gasteiger partial charge in [-0.05, 0) is 5.56 Å². The molecule has 1 heterocycles. The van der Waals surface area contributed by atoms with Crippen LogP contribution in [0.2, 0.25) is 0 Å². The quantitative estimate of drug-likeness (QED) is 0.624. The Kier molecular flexibility index (Phi) is 3.01. The SMILES string of the molecule is O=S(=O)=c1nc(F)c(-c2ccccc2)c(F)[nH]1. The summed E-state index contributed by atoms with van der Waals surface area (Å²) in [6.45, 7) is 0. The average molecular weight is 256 g/mol. The minimum atomic E-state index is -2.81. The number of halogens is 2. The summed E-state index contributed by atoms with van der Waals surface area (Å²) in [7, 11) is -2.81. The monoisotopic (exact) mass is 256 g/mol. The highest BCUT2D eigenvalue weighted by molar-refractivity contribution is 7.63. The van der Waals surface area contributed by atoms with E-state index in [1.807, 2.05) is 4.98 Å². The molecule has 2 rings (SSSR count). The van der Waals surface area contributed by atoms with Gasteiger partial charge in [0.2, 0.25) is 11.9 Å². The molecule has 17 heavy (non-hydrogen) atoms. The highest BCUT2D eigenvalue weighted by Crippen LogP contribution is 2.22. The van der Waals surface area contributed by atoms with Crippen LogP contribution >= 0.6 is 0 Å². The molecular weight excluding hydrogens is 250 g/mol. The summed E-state index contributed by atoms with van der Waals surface area (Å²) in [6.07, 6.45) is 0. The van der Waals surface area contributed by atoms with Gasteiger partial charge in [0.25, 0.3) is 15.1 Å². The van der Waals surface area contributed by atoms with Crippen molar-refractivity contribution >= 4 is 10.3 Å². The summed E-state index contributed by atoms with van der Waals surface area (Å²) in [4.78, 5) is 5.02. The lowest BCUT2D eigenvalue weighted by molar-refractivity contribution is 0.526. The van der Waals surface area contributed by atoms with Gasteiger partial charge in [-0.1, -0.05) is 30.3 Å². The molecule has 0 amide bonds. The minimum Gasteiger partial charge on any atom is -0.303 e. The van der Waals surface area contributed by atoms with Crippen molar-refractivity contribution in [2.45, 2.75) is 0 Å². The van der Waals surface area contributed by atoms with Crippen molar-refractivity contribution in [2.24, 2.45) is 0 Å². The van der Waals surface area contributed by atoms with Gasteiger partial charge in [0.05, 0.1) is 5.56 Å². The Morgan fingerprint density at radius 1 is 1.12 bits per heavy atom. The van der Waals surface area contributed by atoms with Crippen LogP contribution in [0.1, 0.15) is 0 Å². The molecule has 0 fully saturated rings. The molecule has 7 heteroatoms. The largest absolute Gasteiger partial charge is 0.303 e. The Morgan fingerprint density at radius 2 is 1.76 bits per heavy atom. The normalized spacial score (nSPS) is 10.2. The summed E-state index contributed by atoms with van der Waals surface area (Å²) < 4.78 is 47.3. The first-order valence-electron chi connectivity index (χ1n) is 4.52. The second-order valence-corrected chi connectivity index (χ2v) is 3.98. The second-order valence-electron chi connectivity index (χ2n) is 3.12. The first-order valence-corrected chi connectivity index (χ1v) is 5.60. The van der Waals surface area contributed by atoms with Crippen molar-refractivity contribution in [3.63, 3.8) is 0 Å². The van der Waals surface area contributed by atoms with Crippen LogP contribution in [0.5, 0.6) is 0 Å². The first kappa shape index (κ1) is 11.5. The molecule has 0 radical (unpaired) electrons. The van der Waals surface area contributed by atoms with E-state index in [0.29, 0.717) is 0 Å². The van der Waals surface area contributed by atoms with Gasteiger partial charge < -0.3 is 4.98 Å². The van der Waals surface area contributed by atoms with Crippen LogP contribution in [0.3, 0.4) is 0 Å². The Bertz CT molecular complexity index is 689. The van der Waals surface area contributed by atoms with Gasteiger partial charge in [-0.2, -0.15) is 22.2 Å². The van der Waals surface area contributed by atoms with Gasteiger partial charge >= 0.3 is 0 Å². The molecule has 0 spiro atoms. The third-order valence-electron chi connectivity index (χ3n) is 2.06. The predicted molar refractivity (Wildman–Crippen MR) is 56.1 cm³/mol. The topological polar surface area (TPSA) is 62.8 Å². The van der Waals surface area contributed by atoms with Crippen molar-refractivity contribution < 1.29 is 17.2 Å². The number of hydrogen-bond acceptors (Lipinski definition) is 3. The van der Waals surface area contributed by atoms with Gasteiger partial charge in [-0.25, -0.2) is 0 Å². The van der Waals surface area contributed by atoms with Crippen molar-refractivity contribution in [1.29, 1.82) is 0 Å². The summed E-state index contributed by atoms with van der Waals surface area (Å²) in [5, 5.41) is 0. The average Bonchev–Trinajstić information content (AvgIpc) is 2.29. The minimum absolute atomic E-state index is 0.273. The number of rotatable bonds is 1. The molecule has 0 aliphatic rings. The fourth-order valence-corrected chi connectivity index (χ4v) is 1.68. The summed E-state index contributed by atoms with van der Waals surface area (Å²) >= 11 is 0. The lowest BCUT2D eigenvalue weighted by atomic mass is 10.1. The molecule has 2 aromatic rings. The molecule has 1 aromatic carbocycles. The predicted octanol–water partition coefficient (Wildman–Crippen LogP) is 1.77. The molecule has 0 aliphatic carbocycles. The van der Waals surface area contributed by atoms with E-state index in [4.69, 9.17) is 0 Å². The van der Waals surface area contributed by atoms with E-state index in [0.717, 1.165) is 0 Å². The molecule has 88 valence electrons. The number of nitrogens with one attached hydrogen (secondary N) is 1. The Morgan fingerprint density at radius 3 is 2.29 bits per heavy atom. The van der Waals surface area contributed by atoms with Crippen LogP contribution in [-0.4, -0.2) is 18.4 Å². The van der Waals surface area contributed by atoms with Crippen LogP contribution < -0.4 is 0 Å².